The molecule has 9 aromatic carbocycles. The Morgan fingerprint density at radius 3 is 1.47 bits per heavy atom. The van der Waals surface area contributed by atoms with Gasteiger partial charge in [-0.1, -0.05) is 182 Å². The first kappa shape index (κ1) is 36.1. The maximum absolute atomic E-state index is 2.60. The average Bonchev–Trinajstić information content (AvgIpc) is 4.15. The fraction of sp³-hybridized carbons (Fsp3) is 0.169. The van der Waals surface area contributed by atoms with E-state index in [1.807, 2.05) is 0 Å². The number of benzene rings is 9. The minimum atomic E-state index is -0.392. The number of anilines is 3. The maximum Gasteiger partial charge on any atom is 0.0725 e. The van der Waals surface area contributed by atoms with E-state index < -0.39 is 5.41 Å². The smallest absolute Gasteiger partial charge is 0.0725 e. The fourth-order valence-electron chi connectivity index (χ4n) is 16.6. The molecule has 7 aliphatic rings. The molecule has 0 aromatic heterocycles. The van der Waals surface area contributed by atoms with Crippen LogP contribution in [0, 0.1) is 29.1 Å². The van der Waals surface area contributed by atoms with Gasteiger partial charge in [-0.3, -0.25) is 0 Å². The monoisotopic (exact) mass is 841 g/mol. The molecule has 66 heavy (non-hydrogen) atoms. The third-order valence-electron chi connectivity index (χ3n) is 18.5. The molecule has 4 saturated carbocycles. The Hall–Kier alpha value is -7.22. The predicted molar refractivity (Wildman–Crippen MR) is 269 cm³/mol. The Morgan fingerprint density at radius 2 is 0.833 bits per heavy atom. The van der Waals surface area contributed by atoms with Crippen LogP contribution >= 0.6 is 0 Å². The van der Waals surface area contributed by atoms with Crippen molar-refractivity contribution in [3.05, 3.63) is 246 Å². The molecule has 0 N–H and O–H groups in total. The summed E-state index contributed by atoms with van der Waals surface area (Å²) in [5.74, 6) is 3.45. The summed E-state index contributed by atoms with van der Waals surface area (Å²) in [6.45, 7) is 0. The molecule has 0 aliphatic heterocycles. The van der Waals surface area contributed by atoms with Crippen molar-refractivity contribution in [3.8, 4) is 55.6 Å². The summed E-state index contributed by atoms with van der Waals surface area (Å²) in [6.07, 6.45) is 5.80. The highest BCUT2D eigenvalue weighted by Gasteiger charge is 2.84. The third kappa shape index (κ3) is 4.09. The van der Waals surface area contributed by atoms with E-state index in [9.17, 15) is 0 Å². The van der Waals surface area contributed by atoms with Crippen LogP contribution in [0.25, 0.3) is 55.6 Å². The zero-order chi connectivity index (χ0) is 42.9. The molecule has 9 aromatic rings. The summed E-state index contributed by atoms with van der Waals surface area (Å²) in [5, 5.41) is 0. The average molecular weight is 842 g/mol. The van der Waals surface area contributed by atoms with E-state index in [1.54, 1.807) is 11.1 Å². The largest absolute Gasteiger partial charge is 0.310 e. The van der Waals surface area contributed by atoms with Crippen molar-refractivity contribution in [3.63, 3.8) is 0 Å². The van der Waals surface area contributed by atoms with Crippen LogP contribution in [0.4, 0.5) is 17.1 Å². The summed E-state index contributed by atoms with van der Waals surface area (Å²) in [5.41, 5.74) is 25.7. The lowest BCUT2D eigenvalue weighted by Crippen LogP contribution is -2.73. The van der Waals surface area contributed by atoms with Crippen LogP contribution < -0.4 is 4.90 Å². The summed E-state index contributed by atoms with van der Waals surface area (Å²) in [4.78, 5) is 2.60. The molecule has 6 unspecified atom stereocenters. The van der Waals surface area contributed by atoms with Crippen LogP contribution in [0.2, 0.25) is 0 Å². The molecular weight excluding hydrogens is 795 g/mol. The molecule has 1 heteroatoms. The minimum absolute atomic E-state index is 0.156. The summed E-state index contributed by atoms with van der Waals surface area (Å²) < 4.78 is 0. The molecule has 7 aliphatic carbocycles. The van der Waals surface area contributed by atoms with Crippen LogP contribution in [0.15, 0.2) is 212 Å². The van der Waals surface area contributed by atoms with Crippen LogP contribution in [-0.4, -0.2) is 0 Å². The van der Waals surface area contributed by atoms with E-state index in [0.29, 0.717) is 5.41 Å². The number of rotatable bonds is 5. The Morgan fingerprint density at radius 1 is 0.364 bits per heavy atom. The minimum Gasteiger partial charge on any atom is -0.310 e. The van der Waals surface area contributed by atoms with Gasteiger partial charge >= 0.3 is 0 Å². The Bertz CT molecular complexity index is 3500. The molecule has 3 spiro atoms. The van der Waals surface area contributed by atoms with E-state index in [1.165, 1.54) is 121 Å². The van der Waals surface area contributed by atoms with Crippen LogP contribution in [-0.2, 0) is 10.8 Å². The molecule has 0 heterocycles. The Labute approximate surface area is 387 Å². The van der Waals surface area contributed by atoms with Gasteiger partial charge in [0.2, 0.25) is 0 Å². The highest BCUT2D eigenvalue weighted by molar-refractivity contribution is 6.00. The predicted octanol–water partition coefficient (Wildman–Crippen LogP) is 16.2. The summed E-state index contributed by atoms with van der Waals surface area (Å²) >= 11 is 0. The van der Waals surface area contributed by atoms with Crippen LogP contribution in [0.5, 0.6) is 0 Å². The molecule has 0 saturated heterocycles. The maximum atomic E-state index is 2.60. The first-order chi connectivity index (χ1) is 32.7. The molecule has 312 valence electrons. The fourth-order valence-corrected chi connectivity index (χ4v) is 16.6. The molecule has 6 atom stereocenters. The SMILES string of the molecule is c1ccc(-c2cccc(N(c3ccc4c(c3)-c3ccccc3C43c4ccccc4-c4ccccc43)c3ccc4c(c3)-c3ccccc3C43C4CC5CC6CC3C64C5)c2-c2ccccc2)cc1. The van der Waals surface area contributed by atoms with Crippen molar-refractivity contribution >= 4 is 17.1 Å². The first-order valence-corrected chi connectivity index (χ1v) is 24.4. The van der Waals surface area contributed by atoms with Crippen molar-refractivity contribution in [1.82, 2.24) is 0 Å². The van der Waals surface area contributed by atoms with Gasteiger partial charge in [-0.05, 0) is 169 Å². The Balaban J connectivity index is 0.957. The lowest BCUT2D eigenvalue weighted by molar-refractivity contribution is -0.231. The highest BCUT2D eigenvalue weighted by Crippen LogP contribution is 2.89. The standard InChI is InChI=1S/C65H47N/c1-3-16-41(17-4-1)46-24-15-29-59(62(46)42-18-5-2-6-19-42)66(45-31-33-58-52(38-45)50-23-10-14-28-56(50)65(58)60-35-40-34-43-36-61(65)63(43,60)39-40)44-30-32-57-51(37-44)49-22-9-13-27-55(49)64(57)53-25-11-7-20-47(53)48-21-8-12-26-54(48)64/h1-33,37-38,40,43,60-61H,34-36,39H2. The van der Waals surface area contributed by atoms with Crippen molar-refractivity contribution < 1.29 is 0 Å². The van der Waals surface area contributed by atoms with E-state index in [4.69, 9.17) is 0 Å². The van der Waals surface area contributed by atoms with Gasteiger partial charge in [0.25, 0.3) is 0 Å². The normalized spacial score (nSPS) is 25.0. The third-order valence-corrected chi connectivity index (χ3v) is 18.5. The second-order valence-corrected chi connectivity index (χ2v) is 20.7. The van der Waals surface area contributed by atoms with Gasteiger partial charge in [-0.2, -0.15) is 0 Å². The van der Waals surface area contributed by atoms with Gasteiger partial charge in [-0.25, -0.2) is 0 Å². The molecule has 1 nitrogen and oxygen atoms in total. The van der Waals surface area contributed by atoms with Gasteiger partial charge in [0.15, 0.2) is 0 Å². The zero-order valence-corrected chi connectivity index (χ0v) is 36.8. The first-order valence-electron chi connectivity index (χ1n) is 24.4. The zero-order valence-electron chi connectivity index (χ0n) is 36.8. The van der Waals surface area contributed by atoms with Gasteiger partial charge < -0.3 is 4.90 Å². The van der Waals surface area contributed by atoms with Crippen molar-refractivity contribution in [1.29, 1.82) is 0 Å². The van der Waals surface area contributed by atoms with E-state index in [2.05, 4.69) is 217 Å². The molecular formula is C65H47N. The summed E-state index contributed by atoms with van der Waals surface area (Å²) in [6, 6.07) is 81.2. The van der Waals surface area contributed by atoms with Gasteiger partial charge in [0.1, 0.15) is 0 Å². The quantitative estimate of drug-likeness (QED) is 0.167. The topological polar surface area (TPSA) is 3.24 Å². The Kier molecular flexibility index (Phi) is 6.86. The number of nitrogens with zero attached hydrogens (tertiary/aromatic N) is 1. The summed E-state index contributed by atoms with van der Waals surface area (Å²) in [7, 11) is 0. The van der Waals surface area contributed by atoms with Gasteiger partial charge in [-0.15, -0.1) is 0 Å². The van der Waals surface area contributed by atoms with E-state index in [-0.39, 0.29) is 5.41 Å². The lowest BCUT2D eigenvalue weighted by atomic mass is 9.27. The number of hydrogen-bond donors (Lipinski definition) is 0. The number of hydrogen-bond acceptors (Lipinski definition) is 1. The van der Waals surface area contributed by atoms with Crippen LogP contribution in [0.3, 0.4) is 0 Å². The van der Waals surface area contributed by atoms with Crippen molar-refractivity contribution in [2.45, 2.75) is 36.5 Å². The molecule has 16 rings (SSSR count). The van der Waals surface area contributed by atoms with Gasteiger partial charge in [0, 0.05) is 22.4 Å². The highest BCUT2D eigenvalue weighted by atomic mass is 15.1. The van der Waals surface area contributed by atoms with Crippen molar-refractivity contribution in [2.75, 3.05) is 4.90 Å². The molecule has 2 bridgehead atoms. The number of fused-ring (bicyclic) bond motifs is 18. The second-order valence-electron chi connectivity index (χ2n) is 20.7. The van der Waals surface area contributed by atoms with E-state index >= 15 is 0 Å². The second kappa shape index (κ2) is 12.6. The van der Waals surface area contributed by atoms with Crippen LogP contribution in [0.1, 0.15) is 59.1 Å². The van der Waals surface area contributed by atoms with Crippen molar-refractivity contribution in [2.24, 2.45) is 29.1 Å². The lowest BCUT2D eigenvalue weighted by Gasteiger charge is -2.76. The molecule has 0 amide bonds. The molecule has 0 radical (unpaired) electrons. The van der Waals surface area contributed by atoms with Gasteiger partial charge in [0.05, 0.1) is 11.1 Å². The van der Waals surface area contributed by atoms with E-state index in [0.717, 1.165) is 23.7 Å². The molecule has 4 fully saturated rings.